The number of aryl methyl sites for hydroxylation is 2. The van der Waals surface area contributed by atoms with E-state index in [-0.39, 0.29) is 0 Å². The summed E-state index contributed by atoms with van der Waals surface area (Å²) >= 11 is 0. The summed E-state index contributed by atoms with van der Waals surface area (Å²) in [5.41, 5.74) is 11.4. The molecule has 5 nitrogen and oxygen atoms in total. The molecule has 0 unspecified atom stereocenters. The number of nitrogen functional groups attached to an aromatic ring is 1. The van der Waals surface area contributed by atoms with Crippen LogP contribution in [-0.4, -0.2) is 22.1 Å². The van der Waals surface area contributed by atoms with Gasteiger partial charge in [0.05, 0.1) is 12.8 Å². The first-order valence-corrected chi connectivity index (χ1v) is 6.37. The third kappa shape index (κ3) is 1.87. The number of methoxy groups -OCH3 is 1. The van der Waals surface area contributed by atoms with E-state index in [4.69, 9.17) is 10.5 Å². The molecule has 0 atom stereocenters. The molecule has 0 amide bonds. The number of rotatable bonds is 2. The molecule has 3 rings (SSSR count). The Balaban J connectivity index is 2.15. The van der Waals surface area contributed by atoms with Gasteiger partial charge in [0.25, 0.3) is 0 Å². The lowest BCUT2D eigenvalue weighted by molar-refractivity contribution is 0.414. The quantitative estimate of drug-likeness (QED) is 0.725. The first kappa shape index (κ1) is 12.5. The maximum absolute atomic E-state index is 6.04. The summed E-state index contributed by atoms with van der Waals surface area (Å²) in [5, 5.41) is 9.04. The third-order valence-electron chi connectivity index (χ3n) is 3.48. The highest BCUT2D eigenvalue weighted by Gasteiger charge is 2.11. The van der Waals surface area contributed by atoms with Gasteiger partial charge in [-0.2, -0.15) is 4.80 Å². The summed E-state index contributed by atoms with van der Waals surface area (Å²) in [4.78, 5) is 1.62. The van der Waals surface area contributed by atoms with Crippen LogP contribution in [0.2, 0.25) is 0 Å². The average Bonchev–Trinajstić information content (AvgIpc) is 2.89. The predicted octanol–water partition coefficient (Wildman–Crippen LogP) is 2.63. The minimum absolute atomic E-state index is 0.777. The zero-order chi connectivity index (χ0) is 14.3. The van der Waals surface area contributed by atoms with Crippen molar-refractivity contribution in [2.75, 3.05) is 12.8 Å². The Morgan fingerprint density at radius 2 is 1.80 bits per heavy atom. The molecule has 1 heterocycles. The fourth-order valence-corrected chi connectivity index (χ4v) is 2.22. The Kier molecular flexibility index (Phi) is 2.82. The average molecular weight is 268 g/mol. The van der Waals surface area contributed by atoms with Gasteiger partial charge in [-0.3, -0.25) is 0 Å². The first-order valence-electron chi connectivity index (χ1n) is 6.37. The molecule has 0 aliphatic carbocycles. The van der Waals surface area contributed by atoms with Crippen molar-refractivity contribution in [2.45, 2.75) is 13.8 Å². The normalized spacial score (nSPS) is 10.9. The molecule has 0 bridgehead atoms. The number of nitrogens with zero attached hydrogens (tertiary/aromatic N) is 3. The second-order valence-corrected chi connectivity index (χ2v) is 4.79. The van der Waals surface area contributed by atoms with Crippen LogP contribution in [0.4, 0.5) is 5.69 Å². The summed E-state index contributed by atoms with van der Waals surface area (Å²) in [7, 11) is 1.64. The van der Waals surface area contributed by atoms with Gasteiger partial charge in [0.1, 0.15) is 16.8 Å². The fraction of sp³-hybridized carbons (Fsp3) is 0.200. The van der Waals surface area contributed by atoms with Gasteiger partial charge in [-0.1, -0.05) is 0 Å². The molecule has 1 aromatic heterocycles. The number of nitrogens with two attached hydrogens (primary N) is 1. The number of fused-ring (bicyclic) bond motifs is 1. The van der Waals surface area contributed by atoms with E-state index in [0.717, 1.165) is 39.3 Å². The van der Waals surface area contributed by atoms with E-state index in [1.807, 2.05) is 44.2 Å². The van der Waals surface area contributed by atoms with Gasteiger partial charge in [0, 0.05) is 11.3 Å². The molecule has 0 saturated carbocycles. The van der Waals surface area contributed by atoms with E-state index in [1.165, 1.54) is 0 Å². The molecule has 0 aliphatic rings. The molecular weight excluding hydrogens is 252 g/mol. The molecule has 2 aromatic carbocycles. The van der Waals surface area contributed by atoms with Gasteiger partial charge in [-0.25, -0.2) is 0 Å². The van der Waals surface area contributed by atoms with Gasteiger partial charge in [0.15, 0.2) is 0 Å². The van der Waals surface area contributed by atoms with Crippen LogP contribution in [-0.2, 0) is 0 Å². The van der Waals surface area contributed by atoms with Crippen LogP contribution in [0.15, 0.2) is 30.3 Å². The number of benzene rings is 2. The van der Waals surface area contributed by atoms with Gasteiger partial charge in [0.2, 0.25) is 0 Å². The Bertz CT molecular complexity index is 775. The van der Waals surface area contributed by atoms with Crippen LogP contribution in [0.5, 0.6) is 5.75 Å². The molecular formula is C15H16N4O. The van der Waals surface area contributed by atoms with E-state index < -0.39 is 0 Å². The zero-order valence-corrected chi connectivity index (χ0v) is 11.7. The van der Waals surface area contributed by atoms with Crippen molar-refractivity contribution >= 4 is 16.7 Å². The Hall–Kier alpha value is -2.56. The zero-order valence-electron chi connectivity index (χ0n) is 11.7. The van der Waals surface area contributed by atoms with Crippen molar-refractivity contribution in [3.8, 4) is 11.4 Å². The van der Waals surface area contributed by atoms with Crippen molar-refractivity contribution in [3.05, 3.63) is 41.5 Å². The minimum atomic E-state index is 0.777. The smallest absolute Gasteiger partial charge is 0.119 e. The number of ether oxygens (including phenoxy) is 1. The number of aromatic nitrogens is 3. The molecule has 0 radical (unpaired) electrons. The third-order valence-corrected chi connectivity index (χ3v) is 3.48. The largest absolute Gasteiger partial charge is 0.497 e. The summed E-state index contributed by atoms with van der Waals surface area (Å²) in [5.74, 6) is 0.807. The summed E-state index contributed by atoms with van der Waals surface area (Å²) in [6.07, 6.45) is 0. The van der Waals surface area contributed by atoms with Crippen LogP contribution < -0.4 is 10.5 Å². The van der Waals surface area contributed by atoms with Crippen molar-refractivity contribution in [3.63, 3.8) is 0 Å². The highest BCUT2D eigenvalue weighted by Crippen LogP contribution is 2.25. The van der Waals surface area contributed by atoms with Crippen molar-refractivity contribution in [1.29, 1.82) is 0 Å². The SMILES string of the molecule is COc1ccc(-n2nc3cc(C)c(N)c(C)c3n2)cc1. The molecule has 0 fully saturated rings. The van der Waals surface area contributed by atoms with E-state index in [0.29, 0.717) is 0 Å². The minimum Gasteiger partial charge on any atom is -0.497 e. The predicted molar refractivity (Wildman–Crippen MR) is 79.3 cm³/mol. The van der Waals surface area contributed by atoms with Crippen molar-refractivity contribution in [2.24, 2.45) is 0 Å². The molecule has 0 aliphatic heterocycles. The Morgan fingerprint density at radius 1 is 1.10 bits per heavy atom. The van der Waals surface area contributed by atoms with Crippen LogP contribution in [0, 0.1) is 13.8 Å². The monoisotopic (exact) mass is 268 g/mol. The molecule has 5 heteroatoms. The highest BCUT2D eigenvalue weighted by molar-refractivity contribution is 5.84. The van der Waals surface area contributed by atoms with Gasteiger partial charge in [-0.05, 0) is 49.7 Å². The van der Waals surface area contributed by atoms with Crippen molar-refractivity contribution in [1.82, 2.24) is 15.0 Å². The molecule has 20 heavy (non-hydrogen) atoms. The van der Waals surface area contributed by atoms with Crippen molar-refractivity contribution < 1.29 is 4.74 Å². The number of hydrogen-bond donors (Lipinski definition) is 1. The lowest BCUT2D eigenvalue weighted by atomic mass is 10.1. The Labute approximate surface area is 117 Å². The van der Waals surface area contributed by atoms with E-state index in [2.05, 4.69) is 10.2 Å². The first-order chi connectivity index (χ1) is 9.60. The second-order valence-electron chi connectivity index (χ2n) is 4.79. The molecule has 3 aromatic rings. The van der Waals surface area contributed by atoms with Crippen LogP contribution in [0.1, 0.15) is 11.1 Å². The standard InChI is InChI=1S/C15H16N4O/c1-9-8-13-15(10(2)14(9)16)18-19(17-13)11-4-6-12(20-3)7-5-11/h4-8H,16H2,1-3H3. The van der Waals surface area contributed by atoms with Crippen LogP contribution in [0.3, 0.4) is 0 Å². The number of hydrogen-bond acceptors (Lipinski definition) is 4. The van der Waals surface area contributed by atoms with E-state index in [1.54, 1.807) is 11.9 Å². The van der Waals surface area contributed by atoms with E-state index in [9.17, 15) is 0 Å². The van der Waals surface area contributed by atoms with Gasteiger partial charge < -0.3 is 10.5 Å². The molecule has 0 saturated heterocycles. The molecule has 2 N–H and O–H groups in total. The van der Waals surface area contributed by atoms with Gasteiger partial charge >= 0.3 is 0 Å². The van der Waals surface area contributed by atoms with Crippen LogP contribution in [0.25, 0.3) is 16.7 Å². The topological polar surface area (TPSA) is 66.0 Å². The summed E-state index contributed by atoms with van der Waals surface area (Å²) in [6.45, 7) is 3.95. The maximum atomic E-state index is 6.04. The molecule has 102 valence electrons. The molecule has 0 spiro atoms. The number of anilines is 1. The fourth-order valence-electron chi connectivity index (χ4n) is 2.22. The van der Waals surface area contributed by atoms with Crippen LogP contribution >= 0.6 is 0 Å². The maximum Gasteiger partial charge on any atom is 0.119 e. The van der Waals surface area contributed by atoms with Gasteiger partial charge in [-0.15, -0.1) is 10.2 Å². The highest BCUT2D eigenvalue weighted by atomic mass is 16.5. The lowest BCUT2D eigenvalue weighted by Gasteiger charge is -2.02. The Morgan fingerprint density at radius 3 is 2.45 bits per heavy atom. The van der Waals surface area contributed by atoms with E-state index >= 15 is 0 Å². The summed E-state index contributed by atoms with van der Waals surface area (Å²) < 4.78 is 5.15. The summed E-state index contributed by atoms with van der Waals surface area (Å²) in [6, 6.07) is 9.57. The lowest BCUT2D eigenvalue weighted by Crippen LogP contribution is -1.98. The second kappa shape index (κ2) is 4.52.